The molecule has 0 atom stereocenters. The lowest BCUT2D eigenvalue weighted by Crippen LogP contribution is -2.13. The number of aromatic nitrogens is 3. The van der Waals surface area contributed by atoms with Gasteiger partial charge in [0.1, 0.15) is 0 Å². The maximum absolute atomic E-state index is 5.30. The van der Waals surface area contributed by atoms with Crippen LogP contribution in [-0.4, -0.2) is 35.8 Å². The van der Waals surface area contributed by atoms with Crippen molar-refractivity contribution >= 4 is 0 Å². The van der Waals surface area contributed by atoms with Crippen LogP contribution < -0.4 is 14.8 Å². The Bertz CT molecular complexity index is 569. The average Bonchev–Trinajstić information content (AvgIpc) is 2.95. The molecular formula is C15H22N4O2. The fraction of sp³-hybridized carbons (Fsp3) is 0.467. The van der Waals surface area contributed by atoms with Crippen LogP contribution in [0.1, 0.15) is 24.6 Å². The highest BCUT2D eigenvalue weighted by atomic mass is 16.5. The minimum Gasteiger partial charge on any atom is -0.493 e. The molecular weight excluding hydrogens is 268 g/mol. The van der Waals surface area contributed by atoms with Crippen molar-refractivity contribution < 1.29 is 9.47 Å². The lowest BCUT2D eigenvalue weighted by Gasteiger charge is -2.09. The van der Waals surface area contributed by atoms with Crippen LogP contribution >= 0.6 is 0 Å². The van der Waals surface area contributed by atoms with Gasteiger partial charge in [0, 0.05) is 6.54 Å². The number of benzene rings is 1. The molecule has 6 nitrogen and oxygen atoms in total. The summed E-state index contributed by atoms with van der Waals surface area (Å²) in [4.78, 5) is 0. The van der Waals surface area contributed by atoms with Gasteiger partial charge in [-0.15, -0.1) is 5.10 Å². The molecule has 0 amide bonds. The van der Waals surface area contributed by atoms with Crippen LogP contribution in [0.2, 0.25) is 0 Å². The standard InChI is InChI=1S/C15H22N4O2/c1-4-7-16-9-13-11-19(18-17-13)10-12-5-6-14(20-2)15(8-12)21-3/h5-6,8,11,16H,4,7,9-10H2,1-3H3. The van der Waals surface area contributed by atoms with E-state index in [1.54, 1.807) is 14.2 Å². The third kappa shape index (κ3) is 4.19. The zero-order chi connectivity index (χ0) is 15.1. The molecule has 0 radical (unpaired) electrons. The van der Waals surface area contributed by atoms with Gasteiger partial charge in [-0.1, -0.05) is 18.2 Å². The smallest absolute Gasteiger partial charge is 0.161 e. The summed E-state index contributed by atoms with van der Waals surface area (Å²) in [5.74, 6) is 1.45. The van der Waals surface area contributed by atoms with Gasteiger partial charge in [0.2, 0.25) is 0 Å². The van der Waals surface area contributed by atoms with Crippen molar-refractivity contribution in [3.8, 4) is 11.5 Å². The summed E-state index contributed by atoms with van der Waals surface area (Å²) in [6.07, 6.45) is 3.07. The van der Waals surface area contributed by atoms with Crippen molar-refractivity contribution in [3.63, 3.8) is 0 Å². The fourth-order valence-electron chi connectivity index (χ4n) is 2.06. The van der Waals surface area contributed by atoms with Crippen LogP contribution in [-0.2, 0) is 13.1 Å². The summed E-state index contributed by atoms with van der Waals surface area (Å²) in [7, 11) is 3.26. The third-order valence-electron chi connectivity index (χ3n) is 3.11. The Morgan fingerprint density at radius 2 is 2.00 bits per heavy atom. The molecule has 1 heterocycles. The molecule has 2 aromatic rings. The Morgan fingerprint density at radius 1 is 1.19 bits per heavy atom. The summed E-state index contributed by atoms with van der Waals surface area (Å²) in [6.45, 7) is 4.53. The predicted molar refractivity (Wildman–Crippen MR) is 80.7 cm³/mol. The van der Waals surface area contributed by atoms with Gasteiger partial charge >= 0.3 is 0 Å². The SMILES string of the molecule is CCCNCc1cn(Cc2ccc(OC)c(OC)c2)nn1. The monoisotopic (exact) mass is 290 g/mol. The molecule has 1 N–H and O–H groups in total. The number of nitrogens with one attached hydrogen (secondary N) is 1. The van der Waals surface area contributed by atoms with E-state index < -0.39 is 0 Å². The zero-order valence-corrected chi connectivity index (χ0v) is 12.8. The lowest BCUT2D eigenvalue weighted by molar-refractivity contribution is 0.354. The minimum atomic E-state index is 0.654. The van der Waals surface area contributed by atoms with E-state index in [1.807, 2.05) is 29.1 Å². The molecule has 114 valence electrons. The van der Waals surface area contributed by atoms with E-state index in [2.05, 4.69) is 22.6 Å². The molecule has 1 aromatic carbocycles. The Morgan fingerprint density at radius 3 is 2.71 bits per heavy atom. The summed E-state index contributed by atoms with van der Waals surface area (Å²) >= 11 is 0. The average molecular weight is 290 g/mol. The first-order valence-corrected chi connectivity index (χ1v) is 7.07. The molecule has 21 heavy (non-hydrogen) atoms. The van der Waals surface area contributed by atoms with Gasteiger partial charge in [0.05, 0.1) is 32.7 Å². The van der Waals surface area contributed by atoms with E-state index in [0.29, 0.717) is 6.54 Å². The quantitative estimate of drug-likeness (QED) is 0.752. The van der Waals surface area contributed by atoms with Crippen molar-refractivity contribution in [3.05, 3.63) is 35.7 Å². The first kappa shape index (κ1) is 15.3. The van der Waals surface area contributed by atoms with Crippen LogP contribution in [0.4, 0.5) is 0 Å². The second-order valence-electron chi connectivity index (χ2n) is 4.77. The van der Waals surface area contributed by atoms with E-state index in [1.165, 1.54) is 0 Å². The van der Waals surface area contributed by atoms with E-state index in [-0.39, 0.29) is 0 Å². The first-order chi connectivity index (χ1) is 10.3. The molecule has 0 aliphatic rings. The first-order valence-electron chi connectivity index (χ1n) is 7.07. The van der Waals surface area contributed by atoms with Gasteiger partial charge in [0.15, 0.2) is 11.5 Å². The van der Waals surface area contributed by atoms with Crippen molar-refractivity contribution in [2.45, 2.75) is 26.4 Å². The largest absolute Gasteiger partial charge is 0.493 e. The molecule has 0 aliphatic carbocycles. The third-order valence-corrected chi connectivity index (χ3v) is 3.11. The molecule has 0 unspecified atom stereocenters. The van der Waals surface area contributed by atoms with Crippen LogP contribution in [0.5, 0.6) is 11.5 Å². The van der Waals surface area contributed by atoms with Crippen LogP contribution in [0.15, 0.2) is 24.4 Å². The van der Waals surface area contributed by atoms with Crippen LogP contribution in [0.25, 0.3) is 0 Å². The molecule has 0 aliphatic heterocycles. The Hall–Kier alpha value is -2.08. The number of methoxy groups -OCH3 is 2. The van der Waals surface area contributed by atoms with Crippen molar-refractivity contribution in [1.29, 1.82) is 0 Å². The Balaban J connectivity index is 2.01. The van der Waals surface area contributed by atoms with Crippen molar-refractivity contribution in [1.82, 2.24) is 20.3 Å². The molecule has 2 rings (SSSR count). The zero-order valence-electron chi connectivity index (χ0n) is 12.8. The maximum Gasteiger partial charge on any atom is 0.161 e. The minimum absolute atomic E-state index is 0.654. The Labute approximate surface area is 125 Å². The summed E-state index contributed by atoms with van der Waals surface area (Å²) < 4.78 is 12.4. The highest BCUT2D eigenvalue weighted by Gasteiger charge is 2.06. The molecule has 0 spiro atoms. The fourth-order valence-corrected chi connectivity index (χ4v) is 2.06. The summed E-state index contributed by atoms with van der Waals surface area (Å²) in [6, 6.07) is 5.85. The Kier molecular flexibility index (Phi) is 5.57. The van der Waals surface area contributed by atoms with Crippen LogP contribution in [0.3, 0.4) is 0 Å². The number of rotatable bonds is 8. The summed E-state index contributed by atoms with van der Waals surface area (Å²) in [5, 5.41) is 11.6. The molecule has 0 saturated carbocycles. The predicted octanol–water partition coefficient (Wildman–Crippen LogP) is 1.84. The second-order valence-corrected chi connectivity index (χ2v) is 4.77. The summed E-state index contributed by atoms with van der Waals surface area (Å²) in [5.41, 5.74) is 2.04. The molecule has 0 fully saturated rings. The van der Waals surface area contributed by atoms with Gasteiger partial charge in [-0.2, -0.15) is 0 Å². The van der Waals surface area contributed by atoms with E-state index in [4.69, 9.17) is 9.47 Å². The number of ether oxygens (including phenoxy) is 2. The van der Waals surface area contributed by atoms with Crippen molar-refractivity contribution in [2.24, 2.45) is 0 Å². The number of nitrogens with zero attached hydrogens (tertiary/aromatic N) is 3. The number of hydrogen-bond acceptors (Lipinski definition) is 5. The van der Waals surface area contributed by atoms with E-state index in [9.17, 15) is 0 Å². The lowest BCUT2D eigenvalue weighted by atomic mass is 10.2. The second kappa shape index (κ2) is 7.64. The normalized spacial score (nSPS) is 10.6. The van der Waals surface area contributed by atoms with Crippen LogP contribution in [0, 0.1) is 0 Å². The molecule has 6 heteroatoms. The van der Waals surface area contributed by atoms with Crippen molar-refractivity contribution in [2.75, 3.05) is 20.8 Å². The molecule has 0 bridgehead atoms. The maximum atomic E-state index is 5.30. The van der Waals surface area contributed by atoms with Gasteiger partial charge < -0.3 is 14.8 Å². The highest BCUT2D eigenvalue weighted by Crippen LogP contribution is 2.27. The molecule has 0 saturated heterocycles. The number of hydrogen-bond donors (Lipinski definition) is 1. The topological polar surface area (TPSA) is 61.2 Å². The van der Waals surface area contributed by atoms with E-state index in [0.717, 1.165) is 42.3 Å². The molecule has 1 aromatic heterocycles. The van der Waals surface area contributed by atoms with E-state index >= 15 is 0 Å². The van der Waals surface area contributed by atoms with Gasteiger partial charge in [-0.3, -0.25) is 0 Å². The highest BCUT2D eigenvalue weighted by molar-refractivity contribution is 5.42. The van der Waals surface area contributed by atoms with Gasteiger partial charge in [-0.05, 0) is 30.7 Å². The van der Waals surface area contributed by atoms with Gasteiger partial charge in [0.25, 0.3) is 0 Å². The van der Waals surface area contributed by atoms with Gasteiger partial charge in [-0.25, -0.2) is 4.68 Å².